The maximum atomic E-state index is 5.44. The third-order valence-electron chi connectivity index (χ3n) is 1.51. The summed E-state index contributed by atoms with van der Waals surface area (Å²) in [6.07, 6.45) is 3.15. The summed E-state index contributed by atoms with van der Waals surface area (Å²) in [6.45, 7) is 0.403. The molecule has 0 aliphatic heterocycles. The maximum absolute atomic E-state index is 5.44. The van der Waals surface area contributed by atoms with Crippen LogP contribution in [-0.4, -0.2) is 20.2 Å². The number of nitrogens with zero attached hydrogens (tertiary/aromatic N) is 4. The second-order valence-electron chi connectivity index (χ2n) is 2.42. The first-order valence-corrected chi connectivity index (χ1v) is 5.40. The van der Waals surface area contributed by atoms with Gasteiger partial charge in [-0.2, -0.15) is 0 Å². The van der Waals surface area contributed by atoms with Crippen molar-refractivity contribution in [1.82, 2.24) is 20.2 Å². The fourth-order valence-electron chi connectivity index (χ4n) is 0.902. The van der Waals surface area contributed by atoms with Crippen molar-refractivity contribution in [1.29, 1.82) is 0 Å². The van der Waals surface area contributed by atoms with E-state index in [0.717, 1.165) is 20.2 Å². The lowest BCUT2D eigenvalue weighted by atomic mass is 10.4. The maximum Gasteiger partial charge on any atom is 0.167 e. The molecule has 0 fully saturated rings. The first kappa shape index (κ1) is 9.63. The number of rotatable bonds is 2. The lowest BCUT2D eigenvalue weighted by Gasteiger charge is -1.95. The summed E-state index contributed by atoms with van der Waals surface area (Å²) in [5.41, 5.74) is 6.19. The number of hydrogen-bond donors (Lipinski definition) is 1. The first-order valence-electron chi connectivity index (χ1n) is 3.79. The van der Waals surface area contributed by atoms with Crippen LogP contribution in [0.5, 0.6) is 0 Å². The highest BCUT2D eigenvalue weighted by Crippen LogP contribution is 2.27. The molecule has 2 rings (SSSR count). The zero-order chi connectivity index (χ0) is 9.97. The van der Waals surface area contributed by atoms with Crippen LogP contribution in [0.1, 0.15) is 5.01 Å². The smallest absolute Gasteiger partial charge is 0.167 e. The Balaban J connectivity index is 2.44. The number of hydrogen-bond acceptors (Lipinski definition) is 6. The molecule has 0 aliphatic rings. The van der Waals surface area contributed by atoms with Gasteiger partial charge < -0.3 is 5.73 Å². The topological polar surface area (TPSA) is 77.6 Å². The second-order valence-corrected chi connectivity index (χ2v) is 4.34. The molecule has 0 bridgehead atoms. The van der Waals surface area contributed by atoms with Gasteiger partial charge in [0.05, 0.1) is 4.47 Å². The number of aromatic nitrogens is 4. The molecule has 2 N–H and O–H groups in total. The van der Waals surface area contributed by atoms with E-state index in [2.05, 4.69) is 36.1 Å². The quantitative estimate of drug-likeness (QED) is 0.889. The van der Waals surface area contributed by atoms with E-state index in [0.29, 0.717) is 6.54 Å². The first-order chi connectivity index (χ1) is 6.81. The minimum atomic E-state index is 0.403. The van der Waals surface area contributed by atoms with Crippen LogP contribution >= 0.6 is 27.3 Å². The Hall–Kier alpha value is -0.920. The van der Waals surface area contributed by atoms with Crippen LogP contribution in [-0.2, 0) is 6.54 Å². The molecule has 72 valence electrons. The largest absolute Gasteiger partial charge is 0.324 e. The molecule has 0 amide bonds. The van der Waals surface area contributed by atoms with Crippen LogP contribution in [0.2, 0.25) is 0 Å². The molecule has 0 radical (unpaired) electrons. The molecule has 2 aromatic heterocycles. The van der Waals surface area contributed by atoms with Gasteiger partial charge in [0, 0.05) is 12.7 Å². The van der Waals surface area contributed by atoms with Crippen molar-refractivity contribution < 1.29 is 0 Å². The number of halogens is 1. The monoisotopic (exact) mass is 271 g/mol. The number of nitrogens with two attached hydrogens (primary N) is 1. The average Bonchev–Trinajstić information content (AvgIpc) is 2.67. The molecule has 0 aliphatic carbocycles. The average molecular weight is 272 g/mol. The van der Waals surface area contributed by atoms with Crippen molar-refractivity contribution in [2.75, 3.05) is 0 Å². The highest BCUT2D eigenvalue weighted by Gasteiger charge is 2.09. The molecule has 0 saturated heterocycles. The zero-order valence-electron chi connectivity index (χ0n) is 7.01. The van der Waals surface area contributed by atoms with Crippen LogP contribution in [0, 0.1) is 0 Å². The van der Waals surface area contributed by atoms with Gasteiger partial charge >= 0.3 is 0 Å². The summed E-state index contributed by atoms with van der Waals surface area (Å²) >= 11 is 4.78. The van der Waals surface area contributed by atoms with Gasteiger partial charge in [0.2, 0.25) is 0 Å². The molecule has 0 unspecified atom stereocenters. The normalized spacial score (nSPS) is 10.4. The van der Waals surface area contributed by atoms with Crippen LogP contribution < -0.4 is 5.73 Å². The van der Waals surface area contributed by atoms with Gasteiger partial charge in [-0.25, -0.2) is 9.97 Å². The molecule has 0 saturated carbocycles. The lowest BCUT2D eigenvalue weighted by Crippen LogP contribution is -1.94. The Morgan fingerprint density at radius 1 is 1.43 bits per heavy atom. The highest BCUT2D eigenvalue weighted by atomic mass is 79.9. The molecule has 5 nitrogen and oxygen atoms in total. The van der Waals surface area contributed by atoms with E-state index < -0.39 is 0 Å². The van der Waals surface area contributed by atoms with E-state index in [1.807, 2.05) is 0 Å². The molecule has 2 aromatic rings. The summed E-state index contributed by atoms with van der Waals surface area (Å²) in [5.74, 6) is 0. The fraction of sp³-hybridized carbons (Fsp3) is 0.143. The molecular formula is C7H6BrN5S. The Kier molecular flexibility index (Phi) is 2.80. The van der Waals surface area contributed by atoms with Crippen LogP contribution in [0.4, 0.5) is 0 Å². The Morgan fingerprint density at radius 2 is 2.29 bits per heavy atom. The third kappa shape index (κ3) is 1.79. The fourth-order valence-corrected chi connectivity index (χ4v) is 2.17. The molecule has 2 heterocycles. The van der Waals surface area contributed by atoms with Crippen molar-refractivity contribution in [2.45, 2.75) is 6.54 Å². The molecule has 0 spiro atoms. The van der Waals surface area contributed by atoms with E-state index in [1.54, 1.807) is 6.20 Å². The van der Waals surface area contributed by atoms with Gasteiger partial charge in [-0.05, 0) is 15.9 Å². The van der Waals surface area contributed by atoms with Crippen molar-refractivity contribution in [3.63, 3.8) is 0 Å². The summed E-state index contributed by atoms with van der Waals surface area (Å²) in [6, 6.07) is 0. The minimum absolute atomic E-state index is 0.403. The predicted octanol–water partition coefficient (Wildman–Crippen LogP) is 1.22. The Bertz CT molecular complexity index is 443. The van der Waals surface area contributed by atoms with Gasteiger partial charge in [0.1, 0.15) is 17.0 Å². The third-order valence-corrected chi connectivity index (χ3v) is 3.04. The molecule has 0 aromatic carbocycles. The van der Waals surface area contributed by atoms with Crippen LogP contribution in [0.15, 0.2) is 17.0 Å². The Labute approximate surface area is 92.5 Å². The van der Waals surface area contributed by atoms with Crippen LogP contribution in [0.25, 0.3) is 10.7 Å². The van der Waals surface area contributed by atoms with Gasteiger partial charge in [-0.1, -0.05) is 11.3 Å². The van der Waals surface area contributed by atoms with E-state index >= 15 is 0 Å². The van der Waals surface area contributed by atoms with Crippen molar-refractivity contribution in [2.24, 2.45) is 5.73 Å². The van der Waals surface area contributed by atoms with Gasteiger partial charge in [-0.15, -0.1) is 10.2 Å². The molecule has 0 atom stereocenters. The van der Waals surface area contributed by atoms with Gasteiger partial charge in [0.25, 0.3) is 0 Å². The van der Waals surface area contributed by atoms with E-state index in [-0.39, 0.29) is 0 Å². The van der Waals surface area contributed by atoms with Crippen LogP contribution in [0.3, 0.4) is 0 Å². The predicted molar refractivity (Wildman–Crippen MR) is 56.5 cm³/mol. The molecular weight excluding hydrogens is 266 g/mol. The van der Waals surface area contributed by atoms with Crippen molar-refractivity contribution in [3.05, 3.63) is 22.0 Å². The summed E-state index contributed by atoms with van der Waals surface area (Å²) in [4.78, 5) is 7.98. The standard InChI is InChI=1S/C7H6BrN5S/c8-4-2-10-3-11-6(4)7-13-12-5(1-9)14-7/h2-3H,1,9H2. The highest BCUT2D eigenvalue weighted by molar-refractivity contribution is 9.10. The second kappa shape index (κ2) is 4.07. The van der Waals surface area contributed by atoms with Crippen molar-refractivity contribution >= 4 is 27.3 Å². The molecule has 14 heavy (non-hydrogen) atoms. The SMILES string of the molecule is NCc1nnc(-c2ncncc2Br)s1. The van der Waals surface area contributed by atoms with E-state index in [1.165, 1.54) is 17.7 Å². The zero-order valence-corrected chi connectivity index (χ0v) is 9.42. The van der Waals surface area contributed by atoms with Gasteiger partial charge in [0.15, 0.2) is 5.01 Å². The van der Waals surface area contributed by atoms with E-state index in [4.69, 9.17) is 5.73 Å². The van der Waals surface area contributed by atoms with Gasteiger partial charge in [-0.3, -0.25) is 0 Å². The lowest BCUT2D eigenvalue weighted by molar-refractivity contribution is 0.957. The summed E-state index contributed by atoms with van der Waals surface area (Å²) in [7, 11) is 0. The van der Waals surface area contributed by atoms with Crippen molar-refractivity contribution in [3.8, 4) is 10.7 Å². The molecule has 7 heteroatoms. The van der Waals surface area contributed by atoms with E-state index in [9.17, 15) is 0 Å². The summed E-state index contributed by atoms with van der Waals surface area (Å²) in [5, 5.41) is 9.45. The summed E-state index contributed by atoms with van der Waals surface area (Å²) < 4.78 is 0.805. The Morgan fingerprint density at radius 3 is 2.93 bits per heavy atom. The minimum Gasteiger partial charge on any atom is -0.324 e.